The quantitative estimate of drug-likeness (QED) is 0.561. The molecule has 3 aromatic carbocycles. The number of sulfonamides is 1. The number of amides is 1. The van der Waals surface area contributed by atoms with Gasteiger partial charge in [0.05, 0.1) is 10.5 Å². The monoisotopic (exact) mass is 440 g/mol. The van der Waals surface area contributed by atoms with Gasteiger partial charge in [0.2, 0.25) is 10.0 Å². The molecule has 0 unspecified atom stereocenters. The Morgan fingerprint density at radius 1 is 1.00 bits per heavy atom. The number of nitrogens with one attached hydrogen (secondary N) is 1. The van der Waals surface area contributed by atoms with Gasteiger partial charge < -0.3 is 5.32 Å². The number of carbonyl (C=O) groups excluding carboxylic acids is 1. The molecule has 5 nitrogen and oxygen atoms in total. The summed E-state index contributed by atoms with van der Waals surface area (Å²) in [6.45, 7) is 4.28. The molecule has 0 aliphatic heterocycles. The van der Waals surface area contributed by atoms with E-state index in [1.54, 1.807) is 12.1 Å². The van der Waals surface area contributed by atoms with Gasteiger partial charge in [-0.25, -0.2) is 12.8 Å². The Kier molecular flexibility index (Phi) is 6.87. The van der Waals surface area contributed by atoms with E-state index in [0.717, 1.165) is 23.3 Å². The van der Waals surface area contributed by atoms with E-state index in [4.69, 9.17) is 0 Å². The molecule has 162 valence electrons. The third kappa shape index (κ3) is 5.37. The van der Waals surface area contributed by atoms with E-state index in [1.807, 2.05) is 42.5 Å². The lowest BCUT2D eigenvalue weighted by atomic mass is 10.0. The van der Waals surface area contributed by atoms with Gasteiger partial charge in [0, 0.05) is 19.3 Å². The molecule has 31 heavy (non-hydrogen) atoms. The Hall–Kier alpha value is -3.03. The van der Waals surface area contributed by atoms with Crippen LogP contribution in [0, 0.1) is 5.82 Å². The van der Waals surface area contributed by atoms with Crippen molar-refractivity contribution in [2.75, 3.05) is 12.4 Å². The maximum absolute atomic E-state index is 14.4. The third-order valence-electron chi connectivity index (χ3n) is 4.97. The molecule has 0 spiro atoms. The van der Waals surface area contributed by atoms with Crippen molar-refractivity contribution in [2.45, 2.75) is 31.2 Å². The molecule has 0 bridgehead atoms. The first kappa shape index (κ1) is 22.7. The average Bonchev–Trinajstić information content (AvgIpc) is 2.75. The molecule has 0 atom stereocenters. The number of benzene rings is 3. The van der Waals surface area contributed by atoms with Crippen LogP contribution >= 0.6 is 0 Å². The van der Waals surface area contributed by atoms with Crippen molar-refractivity contribution in [1.82, 2.24) is 4.31 Å². The molecule has 7 heteroatoms. The molecule has 0 aliphatic rings. The van der Waals surface area contributed by atoms with Crippen molar-refractivity contribution in [3.63, 3.8) is 0 Å². The van der Waals surface area contributed by atoms with Gasteiger partial charge in [-0.1, -0.05) is 56.3 Å². The van der Waals surface area contributed by atoms with Crippen molar-refractivity contribution in [2.24, 2.45) is 0 Å². The standard InChI is InChI=1S/C24H25FN2O3S/c1-17(2)19-9-11-20(12-10-19)26-24(28)22-15-21(13-14-23(22)25)31(29,30)27(3)16-18-7-5-4-6-8-18/h4-15,17H,16H2,1-3H3,(H,26,28). The van der Waals surface area contributed by atoms with Crippen molar-refractivity contribution < 1.29 is 17.6 Å². The van der Waals surface area contributed by atoms with Gasteiger partial charge in [-0.2, -0.15) is 4.31 Å². The predicted octanol–water partition coefficient (Wildman–Crippen LogP) is 5.02. The zero-order valence-corrected chi connectivity index (χ0v) is 18.5. The molecular weight excluding hydrogens is 415 g/mol. The third-order valence-corrected chi connectivity index (χ3v) is 6.77. The van der Waals surface area contributed by atoms with Gasteiger partial charge >= 0.3 is 0 Å². The number of halogens is 1. The van der Waals surface area contributed by atoms with E-state index in [1.165, 1.54) is 17.4 Å². The number of hydrogen-bond acceptors (Lipinski definition) is 3. The molecule has 3 rings (SSSR count). The van der Waals surface area contributed by atoms with E-state index in [2.05, 4.69) is 19.2 Å². The summed E-state index contributed by atoms with van der Waals surface area (Å²) >= 11 is 0. The largest absolute Gasteiger partial charge is 0.322 e. The van der Waals surface area contributed by atoms with Gasteiger partial charge in [-0.15, -0.1) is 0 Å². The summed E-state index contributed by atoms with van der Waals surface area (Å²) < 4.78 is 41.4. The van der Waals surface area contributed by atoms with Crippen LogP contribution in [0.2, 0.25) is 0 Å². The Bertz CT molecular complexity index is 1160. The first-order chi connectivity index (χ1) is 14.7. The molecule has 0 saturated heterocycles. The SMILES string of the molecule is CC(C)c1ccc(NC(=O)c2cc(S(=O)(=O)N(C)Cc3ccccc3)ccc2F)cc1. The second-order valence-corrected chi connectivity index (χ2v) is 9.66. The molecule has 0 saturated carbocycles. The molecule has 1 N–H and O–H groups in total. The van der Waals surface area contributed by atoms with Crippen LogP contribution in [-0.2, 0) is 16.6 Å². The highest BCUT2D eigenvalue weighted by Crippen LogP contribution is 2.22. The van der Waals surface area contributed by atoms with Crippen LogP contribution in [0.3, 0.4) is 0 Å². The summed E-state index contributed by atoms with van der Waals surface area (Å²) in [5.74, 6) is -1.16. The summed E-state index contributed by atoms with van der Waals surface area (Å²) in [5.41, 5.74) is 2.10. The fourth-order valence-corrected chi connectivity index (χ4v) is 4.28. The molecular formula is C24H25FN2O3S. The minimum Gasteiger partial charge on any atom is -0.322 e. The van der Waals surface area contributed by atoms with E-state index >= 15 is 0 Å². The number of anilines is 1. The van der Waals surface area contributed by atoms with Crippen LogP contribution in [0.1, 0.15) is 41.3 Å². The van der Waals surface area contributed by atoms with Crippen LogP contribution in [0.15, 0.2) is 77.7 Å². The van der Waals surface area contributed by atoms with Crippen molar-refractivity contribution >= 4 is 21.6 Å². The molecule has 0 fully saturated rings. The molecule has 3 aromatic rings. The number of nitrogens with zero attached hydrogens (tertiary/aromatic N) is 1. The van der Waals surface area contributed by atoms with E-state index < -0.39 is 21.7 Å². The van der Waals surface area contributed by atoms with Gasteiger partial charge in [-0.3, -0.25) is 4.79 Å². The van der Waals surface area contributed by atoms with Crippen LogP contribution < -0.4 is 5.32 Å². The summed E-state index contributed by atoms with van der Waals surface area (Å²) in [4.78, 5) is 12.5. The number of carbonyl (C=O) groups is 1. The first-order valence-electron chi connectivity index (χ1n) is 9.89. The van der Waals surface area contributed by atoms with Gasteiger partial charge in [0.1, 0.15) is 5.82 Å². The Morgan fingerprint density at radius 2 is 1.65 bits per heavy atom. The summed E-state index contributed by atoms with van der Waals surface area (Å²) in [6, 6.07) is 19.6. The molecule has 0 heterocycles. The maximum atomic E-state index is 14.4. The van der Waals surface area contributed by atoms with Crippen molar-refractivity contribution in [3.8, 4) is 0 Å². The van der Waals surface area contributed by atoms with E-state index in [0.29, 0.717) is 11.6 Å². The van der Waals surface area contributed by atoms with Crippen molar-refractivity contribution in [3.05, 3.63) is 95.3 Å². The maximum Gasteiger partial charge on any atom is 0.258 e. The highest BCUT2D eigenvalue weighted by atomic mass is 32.2. The molecule has 0 radical (unpaired) electrons. The van der Waals surface area contributed by atoms with E-state index in [-0.39, 0.29) is 17.0 Å². The Balaban J connectivity index is 1.82. The average molecular weight is 441 g/mol. The van der Waals surface area contributed by atoms with Crippen LogP contribution in [0.4, 0.5) is 10.1 Å². The minimum atomic E-state index is -3.91. The normalized spacial score (nSPS) is 11.7. The van der Waals surface area contributed by atoms with Gasteiger partial charge in [0.25, 0.3) is 5.91 Å². The second kappa shape index (κ2) is 9.41. The molecule has 0 aliphatic carbocycles. The lowest BCUT2D eigenvalue weighted by Gasteiger charge is -2.18. The summed E-state index contributed by atoms with van der Waals surface area (Å²) in [7, 11) is -2.47. The zero-order chi connectivity index (χ0) is 22.6. The van der Waals surface area contributed by atoms with Crippen molar-refractivity contribution in [1.29, 1.82) is 0 Å². The van der Waals surface area contributed by atoms with Gasteiger partial charge in [0.15, 0.2) is 0 Å². The zero-order valence-electron chi connectivity index (χ0n) is 17.7. The number of hydrogen-bond donors (Lipinski definition) is 1. The Morgan fingerprint density at radius 3 is 2.26 bits per heavy atom. The van der Waals surface area contributed by atoms with Gasteiger partial charge in [-0.05, 0) is 47.4 Å². The lowest BCUT2D eigenvalue weighted by molar-refractivity contribution is 0.102. The first-order valence-corrected chi connectivity index (χ1v) is 11.3. The molecule has 0 aromatic heterocycles. The fraction of sp³-hybridized carbons (Fsp3) is 0.208. The number of rotatable bonds is 7. The summed E-state index contributed by atoms with van der Waals surface area (Å²) in [6.07, 6.45) is 0. The fourth-order valence-electron chi connectivity index (χ4n) is 3.09. The topological polar surface area (TPSA) is 66.5 Å². The lowest BCUT2D eigenvalue weighted by Crippen LogP contribution is -2.27. The highest BCUT2D eigenvalue weighted by Gasteiger charge is 2.24. The van der Waals surface area contributed by atoms with Crippen LogP contribution in [-0.4, -0.2) is 25.7 Å². The van der Waals surface area contributed by atoms with Crippen LogP contribution in [0.5, 0.6) is 0 Å². The van der Waals surface area contributed by atoms with E-state index in [9.17, 15) is 17.6 Å². The highest BCUT2D eigenvalue weighted by molar-refractivity contribution is 7.89. The summed E-state index contributed by atoms with van der Waals surface area (Å²) in [5, 5.41) is 2.63. The molecule has 1 amide bonds. The Labute approximate surface area is 182 Å². The second-order valence-electron chi connectivity index (χ2n) is 7.62. The van der Waals surface area contributed by atoms with Crippen LogP contribution in [0.25, 0.3) is 0 Å². The predicted molar refractivity (Wildman–Crippen MR) is 120 cm³/mol. The minimum absolute atomic E-state index is 0.146. The smallest absolute Gasteiger partial charge is 0.258 e.